The number of carbonyl (C=O) groups excluding carboxylic acids is 1. The Morgan fingerprint density at radius 2 is 2.11 bits per heavy atom. The van der Waals surface area contributed by atoms with Gasteiger partial charge in [0.15, 0.2) is 10.4 Å². The highest BCUT2D eigenvalue weighted by Gasteiger charge is 2.11. The number of H-pyrrole nitrogens is 1. The summed E-state index contributed by atoms with van der Waals surface area (Å²) in [6.45, 7) is 0.459. The summed E-state index contributed by atoms with van der Waals surface area (Å²) in [5.74, 6) is 0.0719. The Bertz CT molecular complexity index is 730. The van der Waals surface area contributed by atoms with Gasteiger partial charge < -0.3 is 14.7 Å². The van der Waals surface area contributed by atoms with Gasteiger partial charge in [-0.25, -0.2) is 0 Å². The topological polar surface area (TPSA) is 58.0 Å². The number of amides is 1. The second kappa shape index (κ2) is 4.93. The minimum Gasteiger partial charge on any atom is -0.444 e. The second-order valence-electron chi connectivity index (χ2n) is 4.15. The first-order chi connectivity index (χ1) is 9.24. The zero-order valence-electron chi connectivity index (χ0n) is 9.94. The SMILES string of the molecule is O=C(NCc1c[nH]c2ccccc12)c1ccc(Br)o1. The Labute approximate surface area is 117 Å². The van der Waals surface area contributed by atoms with Gasteiger partial charge in [-0.1, -0.05) is 18.2 Å². The van der Waals surface area contributed by atoms with E-state index in [2.05, 4.69) is 26.2 Å². The van der Waals surface area contributed by atoms with Gasteiger partial charge in [-0.05, 0) is 39.7 Å². The van der Waals surface area contributed by atoms with Gasteiger partial charge >= 0.3 is 0 Å². The molecule has 0 radical (unpaired) electrons. The van der Waals surface area contributed by atoms with Gasteiger partial charge in [-0.3, -0.25) is 4.79 Å². The molecule has 5 heteroatoms. The van der Waals surface area contributed by atoms with Crippen LogP contribution in [0.15, 0.2) is 51.7 Å². The Morgan fingerprint density at radius 1 is 1.26 bits per heavy atom. The fourth-order valence-corrected chi connectivity index (χ4v) is 2.28. The van der Waals surface area contributed by atoms with Gasteiger partial charge in [0.2, 0.25) is 0 Å². The molecule has 2 aromatic heterocycles. The third-order valence-corrected chi connectivity index (χ3v) is 3.34. The lowest BCUT2D eigenvalue weighted by molar-refractivity contribution is 0.0922. The third-order valence-electron chi connectivity index (χ3n) is 2.91. The molecule has 2 N–H and O–H groups in total. The van der Waals surface area contributed by atoms with Crippen LogP contribution < -0.4 is 5.32 Å². The molecule has 96 valence electrons. The average Bonchev–Trinajstić information content (AvgIpc) is 3.02. The summed E-state index contributed by atoms with van der Waals surface area (Å²) in [7, 11) is 0. The molecule has 0 saturated heterocycles. The van der Waals surface area contributed by atoms with Crippen molar-refractivity contribution >= 4 is 32.7 Å². The van der Waals surface area contributed by atoms with E-state index in [1.165, 1.54) is 0 Å². The highest BCUT2D eigenvalue weighted by atomic mass is 79.9. The van der Waals surface area contributed by atoms with Crippen molar-refractivity contribution in [3.63, 3.8) is 0 Å². The normalized spacial score (nSPS) is 10.8. The molecule has 0 aliphatic heterocycles. The molecule has 0 fully saturated rings. The number of hydrogen-bond donors (Lipinski definition) is 2. The lowest BCUT2D eigenvalue weighted by Gasteiger charge is -2.02. The van der Waals surface area contributed by atoms with Crippen molar-refractivity contribution in [3.05, 3.63) is 58.6 Å². The molecule has 3 aromatic rings. The number of aromatic nitrogens is 1. The van der Waals surface area contributed by atoms with Crippen LogP contribution in [0.4, 0.5) is 0 Å². The van der Waals surface area contributed by atoms with Crippen LogP contribution in [0.1, 0.15) is 16.1 Å². The number of furan rings is 1. The number of nitrogens with one attached hydrogen (secondary N) is 2. The van der Waals surface area contributed by atoms with Crippen molar-refractivity contribution in [2.24, 2.45) is 0 Å². The van der Waals surface area contributed by atoms with E-state index in [0.29, 0.717) is 17.0 Å². The number of aromatic amines is 1. The van der Waals surface area contributed by atoms with E-state index < -0.39 is 0 Å². The van der Waals surface area contributed by atoms with Crippen molar-refractivity contribution in [2.45, 2.75) is 6.54 Å². The quantitative estimate of drug-likeness (QED) is 0.777. The van der Waals surface area contributed by atoms with Crippen LogP contribution in [0, 0.1) is 0 Å². The molecule has 1 amide bonds. The Hall–Kier alpha value is -2.01. The Balaban J connectivity index is 1.74. The highest BCUT2D eigenvalue weighted by Crippen LogP contribution is 2.18. The van der Waals surface area contributed by atoms with Crippen LogP contribution in [0.5, 0.6) is 0 Å². The van der Waals surface area contributed by atoms with Crippen LogP contribution in [0.25, 0.3) is 10.9 Å². The standard InChI is InChI=1S/C14H11BrN2O2/c15-13-6-5-12(19-13)14(18)17-8-9-7-16-11-4-2-1-3-10(9)11/h1-7,16H,8H2,(H,17,18). The van der Waals surface area contributed by atoms with Crippen LogP contribution in [0.2, 0.25) is 0 Å². The van der Waals surface area contributed by atoms with E-state index in [1.54, 1.807) is 12.1 Å². The zero-order chi connectivity index (χ0) is 13.2. The molecule has 4 nitrogen and oxygen atoms in total. The minimum atomic E-state index is -0.226. The lowest BCUT2D eigenvalue weighted by Crippen LogP contribution is -2.22. The first-order valence-electron chi connectivity index (χ1n) is 5.82. The van der Waals surface area contributed by atoms with Crippen LogP contribution in [-0.2, 0) is 6.54 Å². The number of fused-ring (bicyclic) bond motifs is 1. The summed E-state index contributed by atoms with van der Waals surface area (Å²) in [6, 6.07) is 11.3. The van der Waals surface area contributed by atoms with E-state index in [9.17, 15) is 4.79 Å². The van der Waals surface area contributed by atoms with Gasteiger partial charge in [-0.2, -0.15) is 0 Å². The molecule has 0 atom stereocenters. The van der Waals surface area contributed by atoms with E-state index in [-0.39, 0.29) is 5.91 Å². The van der Waals surface area contributed by atoms with E-state index in [0.717, 1.165) is 16.5 Å². The van der Waals surface area contributed by atoms with Crippen molar-refractivity contribution in [3.8, 4) is 0 Å². The summed E-state index contributed by atoms with van der Waals surface area (Å²) < 4.78 is 5.75. The number of para-hydroxylation sites is 1. The van der Waals surface area contributed by atoms with Gasteiger partial charge in [0.1, 0.15) is 0 Å². The summed E-state index contributed by atoms with van der Waals surface area (Å²) in [5, 5.41) is 3.95. The molecule has 1 aromatic carbocycles. The van der Waals surface area contributed by atoms with Gasteiger partial charge in [0, 0.05) is 23.6 Å². The molecular weight excluding hydrogens is 308 g/mol. The van der Waals surface area contributed by atoms with Gasteiger partial charge in [0.05, 0.1) is 0 Å². The number of halogens is 1. The molecular formula is C14H11BrN2O2. The van der Waals surface area contributed by atoms with Gasteiger partial charge in [0.25, 0.3) is 5.91 Å². The average molecular weight is 319 g/mol. The van der Waals surface area contributed by atoms with E-state index >= 15 is 0 Å². The smallest absolute Gasteiger partial charge is 0.287 e. The third kappa shape index (κ3) is 2.42. The first-order valence-corrected chi connectivity index (χ1v) is 6.62. The summed E-state index contributed by atoms with van der Waals surface area (Å²) in [6.07, 6.45) is 1.91. The minimum absolute atomic E-state index is 0.226. The molecule has 0 spiro atoms. The molecule has 3 rings (SSSR count). The summed E-state index contributed by atoms with van der Waals surface area (Å²) >= 11 is 3.17. The number of hydrogen-bond acceptors (Lipinski definition) is 2. The van der Waals surface area contributed by atoms with Gasteiger partial charge in [-0.15, -0.1) is 0 Å². The Morgan fingerprint density at radius 3 is 2.89 bits per heavy atom. The molecule has 0 bridgehead atoms. The lowest BCUT2D eigenvalue weighted by atomic mass is 10.2. The fraction of sp³-hybridized carbons (Fsp3) is 0.0714. The van der Waals surface area contributed by atoms with Crippen LogP contribution in [0.3, 0.4) is 0 Å². The van der Waals surface area contributed by atoms with E-state index in [1.807, 2.05) is 30.5 Å². The molecule has 0 unspecified atom stereocenters. The largest absolute Gasteiger partial charge is 0.444 e. The van der Waals surface area contributed by atoms with E-state index in [4.69, 9.17) is 4.42 Å². The van der Waals surface area contributed by atoms with Crippen molar-refractivity contribution in [1.29, 1.82) is 0 Å². The summed E-state index contributed by atoms with van der Waals surface area (Å²) in [4.78, 5) is 15.0. The predicted octanol–water partition coefficient (Wildman–Crippen LogP) is 3.45. The van der Waals surface area contributed by atoms with Crippen LogP contribution in [-0.4, -0.2) is 10.9 Å². The molecule has 0 aliphatic rings. The molecule has 19 heavy (non-hydrogen) atoms. The first kappa shape index (κ1) is 12.0. The molecule has 2 heterocycles. The fourth-order valence-electron chi connectivity index (χ4n) is 1.98. The Kier molecular flexibility index (Phi) is 3.13. The maximum Gasteiger partial charge on any atom is 0.287 e. The van der Waals surface area contributed by atoms with Crippen molar-refractivity contribution < 1.29 is 9.21 Å². The zero-order valence-corrected chi connectivity index (χ0v) is 11.5. The number of benzene rings is 1. The molecule has 0 aliphatic carbocycles. The van der Waals surface area contributed by atoms with Crippen molar-refractivity contribution in [1.82, 2.24) is 10.3 Å². The maximum absolute atomic E-state index is 11.9. The maximum atomic E-state index is 11.9. The number of rotatable bonds is 3. The second-order valence-corrected chi connectivity index (χ2v) is 4.93. The highest BCUT2D eigenvalue weighted by molar-refractivity contribution is 9.10. The van der Waals surface area contributed by atoms with Crippen LogP contribution >= 0.6 is 15.9 Å². The number of carbonyl (C=O) groups is 1. The molecule has 0 saturated carbocycles. The predicted molar refractivity (Wildman–Crippen MR) is 75.9 cm³/mol. The van der Waals surface area contributed by atoms with Crippen molar-refractivity contribution in [2.75, 3.05) is 0 Å². The monoisotopic (exact) mass is 318 g/mol. The summed E-state index contributed by atoms with van der Waals surface area (Å²) in [5.41, 5.74) is 2.11.